The van der Waals surface area contributed by atoms with Gasteiger partial charge in [-0.2, -0.15) is 39.9 Å². The number of halogens is 2. The smallest absolute Gasteiger partial charge is 0.229 e. The first kappa shape index (κ1) is 92.0. The molecule has 13 aromatic rings. The van der Waals surface area contributed by atoms with Crippen LogP contribution in [0.15, 0.2) is 237 Å². The number of ether oxygens (including phenoxy) is 1. The van der Waals surface area contributed by atoms with Crippen LogP contribution >= 0.6 is 23.2 Å². The molecule has 0 atom stereocenters. The minimum absolute atomic E-state index is 0.566. The van der Waals surface area contributed by atoms with Crippen LogP contribution in [0.3, 0.4) is 0 Å². The van der Waals surface area contributed by atoms with Gasteiger partial charge in [0.15, 0.2) is 0 Å². The lowest BCUT2D eigenvalue weighted by atomic mass is 9.84. The molecule has 0 unspecified atom stereocenters. The average molecular weight is 1800 g/mol. The molecular formula is C101H121Cl2N27O. The molecule has 0 amide bonds. The molecular weight excluding hydrogens is 1680 g/mol. The highest BCUT2D eigenvalue weighted by atomic mass is 35.5. The van der Waals surface area contributed by atoms with Crippen LogP contribution in [-0.2, 0) is 6.61 Å². The van der Waals surface area contributed by atoms with Gasteiger partial charge in [-0.3, -0.25) is 0 Å². The van der Waals surface area contributed by atoms with E-state index in [4.69, 9.17) is 67.8 Å². The maximum Gasteiger partial charge on any atom is 0.229 e. The minimum atomic E-state index is 0.566. The molecule has 28 nitrogen and oxygen atoms in total. The van der Waals surface area contributed by atoms with Crippen LogP contribution in [0.5, 0.6) is 5.75 Å². The van der Waals surface area contributed by atoms with Crippen LogP contribution in [0.4, 0.5) is 116 Å². The molecule has 6 aromatic carbocycles. The van der Waals surface area contributed by atoms with Crippen LogP contribution in [0, 0.1) is 20.8 Å². The van der Waals surface area contributed by atoms with Crippen molar-refractivity contribution in [3.63, 3.8) is 0 Å². The van der Waals surface area contributed by atoms with E-state index in [2.05, 4.69) is 167 Å². The van der Waals surface area contributed by atoms with E-state index in [0.29, 0.717) is 17.6 Å². The van der Waals surface area contributed by atoms with Crippen molar-refractivity contribution < 1.29 is 4.74 Å². The fraction of sp³-hybridized carbons (Fsp3) is 0.337. The van der Waals surface area contributed by atoms with E-state index in [-0.39, 0.29) is 0 Å². The van der Waals surface area contributed by atoms with Crippen LogP contribution in [0.2, 0.25) is 10.0 Å². The first-order valence-electron chi connectivity index (χ1n) is 45.2. The summed E-state index contributed by atoms with van der Waals surface area (Å²) in [4.78, 5) is 78.2. The van der Waals surface area contributed by atoms with E-state index < -0.39 is 0 Å². The highest BCUT2D eigenvalue weighted by molar-refractivity contribution is 6.33. The fourth-order valence-corrected chi connectivity index (χ4v) is 16.5. The maximum atomic E-state index is 6.41. The van der Waals surface area contributed by atoms with E-state index in [0.717, 1.165) is 243 Å². The van der Waals surface area contributed by atoms with Crippen molar-refractivity contribution in [3.8, 4) is 5.75 Å². The monoisotopic (exact) mass is 1800 g/mol. The predicted octanol–water partition coefficient (Wildman–Crippen LogP) is 18.5. The number of piperazine rings is 4. The molecule has 0 radical (unpaired) electrons. The third kappa shape index (κ3) is 25.7. The highest BCUT2D eigenvalue weighted by Gasteiger charge is 2.28. The number of benzene rings is 6. The Hall–Kier alpha value is -13.7. The topological polar surface area (TPSA) is 238 Å². The molecule has 0 bridgehead atoms. The Morgan fingerprint density at radius 3 is 1.11 bits per heavy atom. The molecule has 1 saturated carbocycles. The molecule has 18 rings (SSSR count). The van der Waals surface area contributed by atoms with Gasteiger partial charge in [-0.15, -0.1) is 0 Å². The summed E-state index contributed by atoms with van der Waals surface area (Å²) in [5.74, 6) is 14.2. The Kier molecular flexibility index (Phi) is 31.3. The van der Waals surface area contributed by atoms with Gasteiger partial charge < -0.3 is 84.8 Å². The number of aromatic nitrogens is 11. The summed E-state index contributed by atoms with van der Waals surface area (Å²) in [6, 6.07) is 73.7. The third-order valence-electron chi connectivity index (χ3n) is 23.7. The van der Waals surface area contributed by atoms with Crippen LogP contribution in [-0.4, -0.2) is 216 Å². The lowest BCUT2D eigenvalue weighted by Crippen LogP contribution is -2.47. The number of nitrogens with one attached hydrogen (secondary N) is 4. The van der Waals surface area contributed by atoms with Crippen molar-refractivity contribution >= 4 is 139 Å². The summed E-state index contributed by atoms with van der Waals surface area (Å²) in [5, 5.41) is 15.1. The van der Waals surface area contributed by atoms with Crippen molar-refractivity contribution in [2.75, 3.05) is 241 Å². The molecule has 131 heavy (non-hydrogen) atoms. The van der Waals surface area contributed by atoms with Gasteiger partial charge in [0.05, 0.1) is 10.7 Å². The molecule has 1 aliphatic carbocycles. The van der Waals surface area contributed by atoms with Crippen LogP contribution in [0.25, 0.3) is 0 Å². The Morgan fingerprint density at radius 1 is 0.328 bits per heavy atom. The second-order valence-corrected chi connectivity index (χ2v) is 35.0. The zero-order valence-corrected chi connectivity index (χ0v) is 78.6. The van der Waals surface area contributed by atoms with E-state index in [1.54, 1.807) is 0 Å². The first-order chi connectivity index (χ1) is 63.7. The molecule has 0 spiro atoms. The SMILES string of the molecule is CN(C)c1cc(Nc2ccc(C3CCCCC3)cc2)nc(N2CCN(c3ccccn3)CC2)n1.Cc1ccc(Nc2cc(N(C)C)nc(N3CCN(c4cccc(OCc5ccccc5)c4)CC3)n2)cc1.Cc1ccc(Nc2cc(N(C)C)nc(N3CCN(c4ccccn4)CC3)n2)c(Cl)c1.Cc1ccc(Nc2cc(N(C)C)nc(N3CCN(c4ccccn4)CC3)n2)cc1Cl. The fourth-order valence-electron chi connectivity index (χ4n) is 16.0. The van der Waals surface area contributed by atoms with Gasteiger partial charge in [0, 0.05) is 238 Å². The number of hydrogen-bond acceptors (Lipinski definition) is 28. The number of rotatable bonds is 24. The number of anilines is 20. The summed E-state index contributed by atoms with van der Waals surface area (Å²) in [6.45, 7) is 20.5. The van der Waals surface area contributed by atoms with E-state index in [9.17, 15) is 0 Å². The van der Waals surface area contributed by atoms with Crippen LogP contribution < -0.4 is 84.8 Å². The summed E-state index contributed by atoms with van der Waals surface area (Å²) in [5.41, 5.74) is 11.0. The van der Waals surface area contributed by atoms with Gasteiger partial charge >= 0.3 is 0 Å². The lowest BCUT2D eigenvalue weighted by Gasteiger charge is -2.36. The van der Waals surface area contributed by atoms with Crippen molar-refractivity contribution in [2.45, 2.75) is 65.4 Å². The average Bonchev–Trinajstić information content (AvgIpc) is 0.821. The van der Waals surface area contributed by atoms with Gasteiger partial charge in [-0.1, -0.05) is 139 Å². The normalized spacial score (nSPS) is 14.6. The molecule has 5 aliphatic rings. The second-order valence-electron chi connectivity index (χ2n) is 34.2. The summed E-state index contributed by atoms with van der Waals surface area (Å²) < 4.78 is 6.05. The number of hydrogen-bond donors (Lipinski definition) is 4. The Bertz CT molecular complexity index is 5780. The summed E-state index contributed by atoms with van der Waals surface area (Å²) >= 11 is 12.7. The summed E-state index contributed by atoms with van der Waals surface area (Å²) in [7, 11) is 16.0. The largest absolute Gasteiger partial charge is 0.489 e. The molecule has 30 heteroatoms. The molecule has 4 aliphatic heterocycles. The Labute approximate surface area is 781 Å². The van der Waals surface area contributed by atoms with Crippen molar-refractivity contribution in [1.82, 2.24) is 54.8 Å². The molecule has 5 fully saturated rings. The van der Waals surface area contributed by atoms with E-state index in [1.165, 1.54) is 48.9 Å². The zero-order valence-electron chi connectivity index (χ0n) is 77.1. The zero-order chi connectivity index (χ0) is 91.1. The molecule has 680 valence electrons. The van der Waals surface area contributed by atoms with Gasteiger partial charge in [-0.05, 0) is 159 Å². The number of nitrogens with zero attached hydrogens (tertiary/aromatic N) is 23. The number of aryl methyl sites for hydroxylation is 3. The van der Waals surface area contributed by atoms with Crippen molar-refractivity contribution in [3.05, 3.63) is 275 Å². The second kappa shape index (κ2) is 44.5. The molecule has 4 N–H and O–H groups in total. The van der Waals surface area contributed by atoms with Crippen molar-refractivity contribution in [1.29, 1.82) is 0 Å². The Balaban J connectivity index is 0.000000134. The molecule has 7 aromatic heterocycles. The minimum Gasteiger partial charge on any atom is -0.489 e. The van der Waals surface area contributed by atoms with Gasteiger partial charge in [-0.25, -0.2) is 15.0 Å². The van der Waals surface area contributed by atoms with Gasteiger partial charge in [0.25, 0.3) is 0 Å². The maximum absolute atomic E-state index is 6.41. The third-order valence-corrected chi connectivity index (χ3v) is 24.4. The van der Waals surface area contributed by atoms with Gasteiger partial charge in [0.1, 0.15) is 76.4 Å². The lowest BCUT2D eigenvalue weighted by molar-refractivity contribution is 0.306. The quantitative estimate of drug-likeness (QED) is 0.0440. The predicted molar refractivity (Wildman–Crippen MR) is 542 cm³/mol. The standard InChI is InChI=1S/C30H34N6O.C27H35N7.2C22H26ClN7/c1-23-12-14-25(15-13-23)31-28-21-29(34(2)3)33-30(32-28)36-18-16-35(17-19-36)26-10-7-11-27(20-26)37-22-24-8-5-4-6-9-24;1-32(2)26-20-24(29-23-13-11-22(12-14-23)21-8-4-3-5-9-21)30-27(31-26)34-18-16-33(17-19-34)25-10-6-7-15-28-25;1-16-7-8-17(14-18(16)23)25-19-15-21(28(2)3)27-22(26-19)30-12-10-29(11-13-30)20-6-4-5-9-24-20;1-16-7-8-18(17(23)14-16)25-19-15-21(28(2)3)27-22(26-19)30-12-10-29(11-13-30)20-6-4-5-9-24-20/h4-15,20-21H,16-19,22H2,1-3H3,(H,31,32,33);6-7,10-15,20-21H,3-5,8-9,16-19H2,1-2H3,(H,29,30,31);2*4-9,14-15H,10-13H2,1-3H3,(H,25,26,27). The Morgan fingerprint density at radius 2 is 0.710 bits per heavy atom. The molecule has 11 heterocycles. The summed E-state index contributed by atoms with van der Waals surface area (Å²) in [6.07, 6.45) is 12.3. The first-order valence-corrected chi connectivity index (χ1v) is 46.0. The van der Waals surface area contributed by atoms with Crippen LogP contribution in [0.1, 0.15) is 65.8 Å². The molecule has 4 saturated heterocycles. The van der Waals surface area contributed by atoms with E-state index in [1.807, 2.05) is 242 Å². The highest BCUT2D eigenvalue weighted by Crippen LogP contribution is 2.37. The number of pyridine rings is 3. The van der Waals surface area contributed by atoms with Gasteiger partial charge in [0.2, 0.25) is 23.8 Å². The van der Waals surface area contributed by atoms with E-state index >= 15 is 0 Å². The van der Waals surface area contributed by atoms with Crippen molar-refractivity contribution in [2.24, 2.45) is 0 Å².